The van der Waals surface area contributed by atoms with Crippen molar-refractivity contribution in [2.75, 3.05) is 7.11 Å². The van der Waals surface area contributed by atoms with Crippen LogP contribution in [0, 0.1) is 5.92 Å². The van der Waals surface area contributed by atoms with E-state index in [2.05, 4.69) is 15.1 Å². The molecular weight excluding hydrogens is 244 g/mol. The fourth-order valence-electron chi connectivity index (χ4n) is 2.29. The highest BCUT2D eigenvalue weighted by Crippen LogP contribution is 2.22. The number of hydrogen-bond donors (Lipinski definition) is 0. The third kappa shape index (κ3) is 2.21. The zero-order chi connectivity index (χ0) is 13.2. The summed E-state index contributed by atoms with van der Waals surface area (Å²) >= 11 is 0. The van der Waals surface area contributed by atoms with Crippen LogP contribution >= 0.6 is 0 Å². The summed E-state index contributed by atoms with van der Waals surface area (Å²) < 4.78 is 6.65. The fraction of sp³-hybridized carbons (Fsp3) is 0.385. The molecule has 0 fully saturated rings. The monoisotopic (exact) mass is 258 g/mol. The summed E-state index contributed by atoms with van der Waals surface area (Å²) in [5.74, 6) is 1.22. The number of pyridine rings is 1. The number of aromatic nitrogens is 4. The Labute approximate surface area is 110 Å². The van der Waals surface area contributed by atoms with Crippen molar-refractivity contribution in [3.05, 3.63) is 30.4 Å². The zero-order valence-electron chi connectivity index (χ0n) is 10.6. The van der Waals surface area contributed by atoms with E-state index in [0.29, 0.717) is 18.8 Å². The standard InChI is InChI=1S/C13H14N4O2/c1-19-13(18)9-4-6-17-11(7-9)15-12(16-17)10-3-2-5-14-8-10/h2-3,5,8-9H,4,6-7H2,1H3. The van der Waals surface area contributed by atoms with E-state index in [4.69, 9.17) is 4.74 Å². The molecule has 1 atom stereocenters. The summed E-state index contributed by atoms with van der Waals surface area (Å²) in [7, 11) is 1.42. The van der Waals surface area contributed by atoms with Gasteiger partial charge < -0.3 is 4.74 Å². The molecule has 0 spiro atoms. The van der Waals surface area contributed by atoms with E-state index in [-0.39, 0.29) is 11.9 Å². The smallest absolute Gasteiger partial charge is 0.309 e. The van der Waals surface area contributed by atoms with Crippen molar-refractivity contribution in [3.8, 4) is 11.4 Å². The highest BCUT2D eigenvalue weighted by atomic mass is 16.5. The van der Waals surface area contributed by atoms with E-state index in [1.165, 1.54) is 7.11 Å². The van der Waals surface area contributed by atoms with Gasteiger partial charge in [-0.25, -0.2) is 9.67 Å². The average molecular weight is 258 g/mol. The van der Waals surface area contributed by atoms with E-state index in [0.717, 1.165) is 17.8 Å². The maximum Gasteiger partial charge on any atom is 0.309 e. The van der Waals surface area contributed by atoms with E-state index in [9.17, 15) is 4.79 Å². The molecule has 1 aliphatic heterocycles. The second kappa shape index (κ2) is 4.79. The number of rotatable bonds is 2. The molecule has 19 heavy (non-hydrogen) atoms. The fourth-order valence-corrected chi connectivity index (χ4v) is 2.29. The number of carbonyl (C=O) groups is 1. The molecule has 3 rings (SSSR count). The molecule has 1 unspecified atom stereocenters. The van der Waals surface area contributed by atoms with Crippen molar-refractivity contribution >= 4 is 5.97 Å². The van der Waals surface area contributed by atoms with Gasteiger partial charge in [0.2, 0.25) is 0 Å². The first-order valence-electron chi connectivity index (χ1n) is 6.20. The summed E-state index contributed by atoms with van der Waals surface area (Å²) in [6, 6.07) is 3.78. The van der Waals surface area contributed by atoms with Gasteiger partial charge >= 0.3 is 5.97 Å². The average Bonchev–Trinajstić information content (AvgIpc) is 2.90. The quantitative estimate of drug-likeness (QED) is 0.754. The van der Waals surface area contributed by atoms with Gasteiger partial charge in [0.1, 0.15) is 5.82 Å². The number of ether oxygens (including phenoxy) is 1. The van der Waals surface area contributed by atoms with Gasteiger partial charge in [0.25, 0.3) is 0 Å². The van der Waals surface area contributed by atoms with Gasteiger partial charge in [-0.1, -0.05) is 0 Å². The second-order valence-corrected chi connectivity index (χ2v) is 4.53. The number of carbonyl (C=O) groups excluding carboxylic acids is 1. The van der Waals surface area contributed by atoms with Crippen molar-refractivity contribution in [2.45, 2.75) is 19.4 Å². The molecule has 0 aromatic carbocycles. The number of nitrogens with zero attached hydrogens (tertiary/aromatic N) is 4. The highest BCUT2D eigenvalue weighted by molar-refractivity contribution is 5.72. The number of fused-ring (bicyclic) bond motifs is 1. The summed E-state index contributed by atoms with van der Waals surface area (Å²) in [6.45, 7) is 0.697. The van der Waals surface area contributed by atoms with Gasteiger partial charge in [-0.2, -0.15) is 5.10 Å². The molecule has 6 heteroatoms. The van der Waals surface area contributed by atoms with E-state index in [1.807, 2.05) is 16.8 Å². The second-order valence-electron chi connectivity index (χ2n) is 4.53. The van der Waals surface area contributed by atoms with Crippen molar-refractivity contribution in [2.24, 2.45) is 5.92 Å². The van der Waals surface area contributed by atoms with Crippen LogP contribution < -0.4 is 0 Å². The Kier molecular flexibility index (Phi) is 2.98. The minimum Gasteiger partial charge on any atom is -0.469 e. The Morgan fingerprint density at radius 3 is 3.16 bits per heavy atom. The predicted molar refractivity (Wildman–Crippen MR) is 67.1 cm³/mol. The molecular formula is C13H14N4O2. The van der Waals surface area contributed by atoms with E-state index < -0.39 is 0 Å². The van der Waals surface area contributed by atoms with Crippen molar-refractivity contribution in [1.82, 2.24) is 19.7 Å². The number of methoxy groups -OCH3 is 1. The lowest BCUT2D eigenvalue weighted by Crippen LogP contribution is -2.27. The molecule has 1 aliphatic rings. The first-order chi connectivity index (χ1) is 9.28. The Balaban J connectivity index is 1.87. The Bertz CT molecular complexity index is 594. The zero-order valence-corrected chi connectivity index (χ0v) is 10.6. The molecule has 0 radical (unpaired) electrons. The molecule has 0 bridgehead atoms. The maximum atomic E-state index is 11.6. The number of esters is 1. The first-order valence-corrected chi connectivity index (χ1v) is 6.20. The SMILES string of the molecule is COC(=O)C1CCn2nc(-c3cccnc3)nc2C1. The predicted octanol–water partition coefficient (Wildman–Crippen LogP) is 1.08. The van der Waals surface area contributed by atoms with Gasteiger partial charge in [0.15, 0.2) is 5.82 Å². The summed E-state index contributed by atoms with van der Waals surface area (Å²) in [6.07, 6.45) is 4.78. The lowest BCUT2D eigenvalue weighted by molar-refractivity contribution is -0.146. The largest absolute Gasteiger partial charge is 0.469 e. The van der Waals surface area contributed by atoms with Gasteiger partial charge in [0.05, 0.1) is 13.0 Å². The topological polar surface area (TPSA) is 69.9 Å². The minimum absolute atomic E-state index is 0.108. The van der Waals surface area contributed by atoms with Crippen molar-refractivity contribution in [3.63, 3.8) is 0 Å². The van der Waals surface area contributed by atoms with Crippen LogP contribution in [0.3, 0.4) is 0 Å². The summed E-state index contributed by atoms with van der Waals surface area (Å²) in [5.41, 5.74) is 0.888. The van der Waals surface area contributed by atoms with E-state index >= 15 is 0 Å². The third-order valence-corrected chi connectivity index (χ3v) is 3.32. The molecule has 0 saturated carbocycles. The van der Waals surface area contributed by atoms with Crippen LogP contribution in [0.5, 0.6) is 0 Å². The molecule has 0 amide bonds. The molecule has 3 heterocycles. The van der Waals surface area contributed by atoms with E-state index in [1.54, 1.807) is 12.4 Å². The molecule has 2 aromatic rings. The van der Waals surface area contributed by atoms with Crippen LogP contribution in [0.25, 0.3) is 11.4 Å². The van der Waals surface area contributed by atoms with Crippen LogP contribution in [0.1, 0.15) is 12.2 Å². The lowest BCUT2D eigenvalue weighted by Gasteiger charge is -2.19. The molecule has 0 aliphatic carbocycles. The van der Waals surface area contributed by atoms with Gasteiger partial charge in [0, 0.05) is 30.9 Å². The minimum atomic E-state index is -0.169. The van der Waals surface area contributed by atoms with Crippen LogP contribution in [-0.4, -0.2) is 32.8 Å². The third-order valence-electron chi connectivity index (χ3n) is 3.32. The lowest BCUT2D eigenvalue weighted by atomic mass is 9.98. The van der Waals surface area contributed by atoms with Crippen molar-refractivity contribution in [1.29, 1.82) is 0 Å². The normalized spacial score (nSPS) is 17.8. The van der Waals surface area contributed by atoms with Crippen LogP contribution in [0.15, 0.2) is 24.5 Å². The van der Waals surface area contributed by atoms with Crippen molar-refractivity contribution < 1.29 is 9.53 Å². The molecule has 2 aromatic heterocycles. The number of aryl methyl sites for hydroxylation is 1. The van der Waals surface area contributed by atoms with Crippen LogP contribution in [0.4, 0.5) is 0 Å². The van der Waals surface area contributed by atoms with Gasteiger partial charge in [-0.05, 0) is 18.6 Å². The van der Waals surface area contributed by atoms with Gasteiger partial charge in [-0.3, -0.25) is 9.78 Å². The molecule has 0 N–H and O–H groups in total. The Morgan fingerprint density at radius 2 is 2.42 bits per heavy atom. The molecule has 6 nitrogen and oxygen atoms in total. The maximum absolute atomic E-state index is 11.6. The first kappa shape index (κ1) is 11.8. The van der Waals surface area contributed by atoms with Gasteiger partial charge in [-0.15, -0.1) is 0 Å². The molecule has 98 valence electrons. The van der Waals surface area contributed by atoms with Crippen LogP contribution in [0.2, 0.25) is 0 Å². The molecule has 0 saturated heterocycles. The summed E-state index contributed by atoms with van der Waals surface area (Å²) in [5, 5.41) is 4.45. The summed E-state index contributed by atoms with van der Waals surface area (Å²) in [4.78, 5) is 20.1. The Hall–Kier alpha value is -2.24. The number of hydrogen-bond acceptors (Lipinski definition) is 5. The highest BCUT2D eigenvalue weighted by Gasteiger charge is 2.27. The van der Waals surface area contributed by atoms with Crippen LogP contribution in [-0.2, 0) is 22.5 Å². The Morgan fingerprint density at radius 1 is 1.53 bits per heavy atom.